The fraction of sp³-hybridized carbons (Fsp3) is 0.421. The number of benzene rings is 2. The van der Waals surface area contributed by atoms with Gasteiger partial charge >= 0.3 is 0 Å². The summed E-state index contributed by atoms with van der Waals surface area (Å²) in [5.41, 5.74) is 7.07. The smallest absolute Gasteiger partial charge is 0.250 e. The molecule has 4 aliphatic rings. The van der Waals surface area contributed by atoms with Crippen LogP contribution in [0.4, 0.5) is 11.4 Å². The van der Waals surface area contributed by atoms with E-state index in [1.165, 1.54) is 5.56 Å². The predicted octanol–water partition coefficient (Wildman–Crippen LogP) is 5.60. The molecule has 0 saturated carbocycles. The number of nitrogens with one attached hydrogen (secondary N) is 2. The number of nitrogens with zero attached hydrogens (tertiary/aromatic N) is 3. The Hall–Kier alpha value is -4.38. The molecular weight excluding hydrogens is 606 g/mol. The highest BCUT2D eigenvalue weighted by Crippen LogP contribution is 2.43. The molecule has 8 rings (SSSR count). The number of pyridine rings is 2. The molecule has 250 valence electrons. The number of rotatable bonds is 8. The van der Waals surface area contributed by atoms with Gasteiger partial charge in [0.25, 0.3) is 0 Å². The monoisotopic (exact) mass is 649 g/mol. The third-order valence-corrected chi connectivity index (χ3v) is 9.86. The molecule has 10 nitrogen and oxygen atoms in total. The zero-order valence-electron chi connectivity index (χ0n) is 27.3. The summed E-state index contributed by atoms with van der Waals surface area (Å²) < 4.78 is 23.5. The Balaban J connectivity index is 0.875. The number of piperidine rings is 1. The van der Waals surface area contributed by atoms with Crippen LogP contribution in [0.25, 0.3) is 11.3 Å². The number of ether oxygens (including phenoxy) is 4. The fourth-order valence-corrected chi connectivity index (χ4v) is 7.22. The van der Waals surface area contributed by atoms with Gasteiger partial charge in [0.15, 0.2) is 0 Å². The van der Waals surface area contributed by atoms with E-state index in [9.17, 15) is 4.79 Å². The van der Waals surface area contributed by atoms with Crippen LogP contribution in [-0.4, -0.2) is 79.6 Å². The van der Waals surface area contributed by atoms with Crippen molar-refractivity contribution < 1.29 is 18.9 Å². The quantitative estimate of drug-likeness (QED) is 0.222. The Morgan fingerprint density at radius 1 is 0.875 bits per heavy atom. The van der Waals surface area contributed by atoms with Gasteiger partial charge in [0.05, 0.1) is 32.1 Å². The Morgan fingerprint density at radius 2 is 1.71 bits per heavy atom. The number of para-hydroxylation sites is 1. The van der Waals surface area contributed by atoms with E-state index in [-0.39, 0.29) is 11.7 Å². The highest BCUT2D eigenvalue weighted by Gasteiger charge is 2.24. The molecule has 2 aromatic heterocycles. The number of morpholine rings is 1. The van der Waals surface area contributed by atoms with E-state index in [1.54, 1.807) is 6.07 Å². The summed E-state index contributed by atoms with van der Waals surface area (Å²) in [5, 5.41) is 3.79. The van der Waals surface area contributed by atoms with Gasteiger partial charge in [-0.2, -0.15) is 0 Å². The Bertz CT molecular complexity index is 1770. The molecule has 4 aromatic rings. The van der Waals surface area contributed by atoms with Gasteiger partial charge < -0.3 is 34.1 Å². The van der Waals surface area contributed by atoms with Crippen molar-refractivity contribution in [3.05, 3.63) is 93.9 Å². The van der Waals surface area contributed by atoms with Crippen molar-refractivity contribution in [1.82, 2.24) is 14.9 Å². The van der Waals surface area contributed by atoms with Crippen LogP contribution in [0.3, 0.4) is 0 Å². The number of hydrogen-bond acceptors (Lipinski definition) is 9. The zero-order valence-corrected chi connectivity index (χ0v) is 27.3. The Labute approximate surface area is 281 Å². The van der Waals surface area contributed by atoms with E-state index in [2.05, 4.69) is 61.5 Å². The molecule has 10 heteroatoms. The van der Waals surface area contributed by atoms with Crippen LogP contribution in [0.1, 0.15) is 42.4 Å². The second-order valence-corrected chi connectivity index (χ2v) is 13.2. The third-order valence-electron chi connectivity index (χ3n) is 9.86. The molecule has 0 radical (unpaired) electrons. The summed E-state index contributed by atoms with van der Waals surface area (Å²) in [6.07, 6.45) is 6.95. The number of likely N-dealkylation sites (tertiary alicyclic amines) is 1. The first-order valence-electron chi connectivity index (χ1n) is 17.3. The van der Waals surface area contributed by atoms with Gasteiger partial charge in [0.1, 0.15) is 17.6 Å². The van der Waals surface area contributed by atoms with Gasteiger partial charge in [0, 0.05) is 98.9 Å². The van der Waals surface area contributed by atoms with Crippen molar-refractivity contribution in [2.45, 2.75) is 50.8 Å². The molecule has 2 N–H and O–H groups in total. The second kappa shape index (κ2) is 14.0. The lowest BCUT2D eigenvalue weighted by atomic mass is 9.95. The van der Waals surface area contributed by atoms with Gasteiger partial charge in [-0.15, -0.1) is 0 Å². The Kier molecular flexibility index (Phi) is 9.02. The predicted molar refractivity (Wildman–Crippen MR) is 185 cm³/mol. The van der Waals surface area contributed by atoms with Crippen LogP contribution in [0.5, 0.6) is 17.4 Å². The molecular formula is C38H43N5O5. The van der Waals surface area contributed by atoms with Crippen molar-refractivity contribution in [2.75, 3.05) is 62.8 Å². The van der Waals surface area contributed by atoms with Crippen molar-refractivity contribution in [1.29, 1.82) is 0 Å². The first-order chi connectivity index (χ1) is 23.6. The summed E-state index contributed by atoms with van der Waals surface area (Å²) in [5.74, 6) is 2.38. The van der Waals surface area contributed by atoms with Crippen LogP contribution >= 0.6 is 0 Å². The first-order valence-corrected chi connectivity index (χ1v) is 17.3. The highest BCUT2D eigenvalue weighted by atomic mass is 16.5. The third kappa shape index (κ3) is 7.06. The topological polar surface area (TPSA) is 101 Å². The lowest BCUT2D eigenvalue weighted by Crippen LogP contribution is -2.38. The lowest BCUT2D eigenvalue weighted by Gasteiger charge is -2.33. The van der Waals surface area contributed by atoms with E-state index in [1.807, 2.05) is 24.4 Å². The number of anilines is 2. The van der Waals surface area contributed by atoms with Gasteiger partial charge in [-0.05, 0) is 54.3 Å². The van der Waals surface area contributed by atoms with Crippen molar-refractivity contribution in [2.24, 2.45) is 0 Å². The highest BCUT2D eigenvalue weighted by molar-refractivity contribution is 5.74. The molecule has 0 spiro atoms. The van der Waals surface area contributed by atoms with E-state index in [0.717, 1.165) is 123 Å². The minimum absolute atomic E-state index is 0.119. The first kappa shape index (κ1) is 30.9. The summed E-state index contributed by atoms with van der Waals surface area (Å²) in [6.45, 7) is 7.39. The molecule has 3 saturated heterocycles. The van der Waals surface area contributed by atoms with Crippen LogP contribution in [0.15, 0.2) is 71.7 Å². The maximum Gasteiger partial charge on any atom is 0.250 e. The van der Waals surface area contributed by atoms with Crippen molar-refractivity contribution in [3.8, 4) is 28.6 Å². The van der Waals surface area contributed by atoms with Crippen molar-refractivity contribution >= 4 is 11.4 Å². The van der Waals surface area contributed by atoms with E-state index >= 15 is 0 Å². The number of aromatic amines is 1. The zero-order chi connectivity index (χ0) is 32.3. The molecule has 3 fully saturated rings. The van der Waals surface area contributed by atoms with E-state index in [0.29, 0.717) is 25.1 Å². The molecule has 0 amide bonds. The van der Waals surface area contributed by atoms with E-state index in [4.69, 9.17) is 18.9 Å². The van der Waals surface area contributed by atoms with Crippen LogP contribution in [-0.2, 0) is 22.4 Å². The normalized spacial score (nSPS) is 18.9. The molecule has 4 aliphatic heterocycles. The average Bonchev–Trinajstić information content (AvgIpc) is 3.13. The summed E-state index contributed by atoms with van der Waals surface area (Å²) in [6, 6.07) is 20.9. The SMILES string of the molecule is O=c1cc(N2CCOCC2)cc(-c2cccc3c2Oc2ccc(NC4CCN(Cc5ccc(OC6CCOCC6)nc5)CC4)cc2C3)[nH]1. The minimum atomic E-state index is -0.119. The number of hydrogen-bond donors (Lipinski definition) is 2. The number of H-pyrrole nitrogens is 1. The molecule has 0 atom stereocenters. The lowest BCUT2D eigenvalue weighted by molar-refractivity contribution is 0.0237. The van der Waals surface area contributed by atoms with Crippen LogP contribution in [0.2, 0.25) is 0 Å². The van der Waals surface area contributed by atoms with Crippen LogP contribution < -0.4 is 25.2 Å². The van der Waals surface area contributed by atoms with Gasteiger partial charge in [0.2, 0.25) is 11.4 Å². The molecule has 48 heavy (non-hydrogen) atoms. The van der Waals surface area contributed by atoms with Gasteiger partial charge in [-0.25, -0.2) is 4.98 Å². The second-order valence-electron chi connectivity index (χ2n) is 13.2. The molecule has 0 bridgehead atoms. The molecule has 0 unspecified atom stereocenters. The van der Waals surface area contributed by atoms with Crippen molar-refractivity contribution in [3.63, 3.8) is 0 Å². The molecule has 6 heterocycles. The number of fused-ring (bicyclic) bond motifs is 2. The molecule has 0 aliphatic carbocycles. The van der Waals surface area contributed by atoms with E-state index < -0.39 is 0 Å². The fourth-order valence-electron chi connectivity index (χ4n) is 7.22. The maximum atomic E-state index is 12.7. The van der Waals surface area contributed by atoms with Gasteiger partial charge in [-0.3, -0.25) is 9.69 Å². The van der Waals surface area contributed by atoms with Gasteiger partial charge in [-0.1, -0.05) is 18.2 Å². The Morgan fingerprint density at radius 3 is 2.52 bits per heavy atom. The molecule has 2 aromatic carbocycles. The summed E-state index contributed by atoms with van der Waals surface area (Å²) in [4.78, 5) is 25.0. The maximum absolute atomic E-state index is 12.7. The summed E-state index contributed by atoms with van der Waals surface area (Å²) in [7, 11) is 0. The summed E-state index contributed by atoms with van der Waals surface area (Å²) >= 11 is 0. The number of aromatic nitrogens is 2. The standard InChI is InChI=1S/C38H43N5O5/c44-36-23-31(43-14-18-46-19-15-43)22-34(41-36)33-3-1-2-27-20-28-21-30(5-6-35(28)48-38(27)33)40-29-8-12-42(13-9-29)25-26-4-7-37(39-24-26)47-32-10-16-45-17-11-32/h1-7,21-24,29,32,40H,8-20,25H2,(H,41,44). The van der Waals surface area contributed by atoms with Crippen LogP contribution in [0, 0.1) is 0 Å². The average molecular weight is 650 g/mol. The largest absolute Gasteiger partial charge is 0.474 e. The minimum Gasteiger partial charge on any atom is -0.474 e.